The number of benzene rings is 3. The Balaban J connectivity index is 1.91. The van der Waals surface area contributed by atoms with Gasteiger partial charge in [-0.1, -0.05) is 60.1 Å². The largest absolute Gasteiger partial charge is 0.534 e. The van der Waals surface area contributed by atoms with E-state index in [-0.39, 0.29) is 0 Å². The van der Waals surface area contributed by atoms with Crippen LogP contribution < -0.4 is 4.18 Å². The lowest BCUT2D eigenvalue weighted by Gasteiger charge is -2.10. The Morgan fingerprint density at radius 2 is 1.56 bits per heavy atom. The van der Waals surface area contributed by atoms with Crippen molar-refractivity contribution >= 4 is 43.6 Å². The smallest absolute Gasteiger partial charge is 0.376 e. The van der Waals surface area contributed by atoms with E-state index in [1.165, 1.54) is 12.1 Å². The highest BCUT2D eigenvalue weighted by molar-refractivity contribution is 7.88. The van der Waals surface area contributed by atoms with Crippen molar-refractivity contribution in [1.29, 1.82) is 0 Å². The van der Waals surface area contributed by atoms with Crippen LogP contribution in [0.2, 0.25) is 0 Å². The minimum atomic E-state index is -5.71. The van der Waals surface area contributed by atoms with Crippen LogP contribution in [-0.4, -0.2) is 13.9 Å². The van der Waals surface area contributed by atoms with Gasteiger partial charge in [-0.3, -0.25) is 0 Å². The van der Waals surface area contributed by atoms with E-state index in [1.807, 2.05) is 30.3 Å². The Labute approximate surface area is 158 Å². The molecule has 0 N–H and O–H groups in total. The summed E-state index contributed by atoms with van der Waals surface area (Å²) in [6, 6.07) is 18.3. The van der Waals surface area contributed by atoms with Crippen molar-refractivity contribution in [2.45, 2.75) is 5.51 Å². The molecule has 3 rings (SSSR count). The first-order chi connectivity index (χ1) is 12.7. The third-order valence-corrected chi connectivity index (χ3v) is 4.98. The zero-order chi connectivity index (χ0) is 19.7. The van der Waals surface area contributed by atoms with Gasteiger partial charge in [0, 0.05) is 5.03 Å². The normalized spacial score (nSPS) is 13.0. The van der Waals surface area contributed by atoms with Gasteiger partial charge in [-0.05, 0) is 46.2 Å². The van der Waals surface area contributed by atoms with Crippen LogP contribution in [0, 0.1) is 0 Å². The van der Waals surface area contributed by atoms with Gasteiger partial charge in [-0.2, -0.15) is 21.6 Å². The van der Waals surface area contributed by atoms with Gasteiger partial charge in [-0.15, -0.1) is 0 Å². The van der Waals surface area contributed by atoms with E-state index in [0.29, 0.717) is 21.4 Å². The second-order valence-electron chi connectivity index (χ2n) is 5.61. The summed E-state index contributed by atoms with van der Waals surface area (Å²) in [6.07, 6.45) is 1.79. The molecule has 0 aliphatic rings. The average molecular weight is 413 g/mol. The molecule has 0 saturated carbocycles. The summed E-state index contributed by atoms with van der Waals surface area (Å²) >= 11 is 6.34. The molecule has 3 nitrogen and oxygen atoms in total. The molecule has 140 valence electrons. The lowest BCUT2D eigenvalue weighted by atomic mass is 10.1. The molecular formula is C19H12ClF3O3S. The molecule has 0 fully saturated rings. The maximum atomic E-state index is 12.4. The van der Waals surface area contributed by atoms with Crippen LogP contribution in [0.4, 0.5) is 13.2 Å². The predicted octanol–water partition coefficient (Wildman–Crippen LogP) is 5.81. The highest BCUT2D eigenvalue weighted by Crippen LogP contribution is 2.31. The van der Waals surface area contributed by atoms with Crippen LogP contribution in [0.5, 0.6) is 5.75 Å². The quantitative estimate of drug-likeness (QED) is 0.309. The summed E-state index contributed by atoms with van der Waals surface area (Å²) in [5, 5.41) is 1.67. The number of hydrogen-bond acceptors (Lipinski definition) is 3. The highest BCUT2D eigenvalue weighted by atomic mass is 35.5. The lowest BCUT2D eigenvalue weighted by molar-refractivity contribution is -0.0500. The van der Waals surface area contributed by atoms with Crippen molar-refractivity contribution < 1.29 is 25.8 Å². The minimum absolute atomic E-state index is 0.418. The molecule has 3 aromatic carbocycles. The first-order valence-electron chi connectivity index (χ1n) is 7.63. The molecule has 0 aliphatic carbocycles. The van der Waals surface area contributed by atoms with Gasteiger partial charge in [0.2, 0.25) is 0 Å². The molecule has 27 heavy (non-hydrogen) atoms. The van der Waals surface area contributed by atoms with Gasteiger partial charge in [-0.25, -0.2) is 0 Å². The molecular weight excluding hydrogens is 401 g/mol. The van der Waals surface area contributed by atoms with E-state index in [4.69, 9.17) is 11.6 Å². The second-order valence-corrected chi connectivity index (χ2v) is 7.55. The van der Waals surface area contributed by atoms with Gasteiger partial charge in [0.1, 0.15) is 5.75 Å². The topological polar surface area (TPSA) is 43.4 Å². The Morgan fingerprint density at radius 1 is 0.926 bits per heavy atom. The Kier molecular flexibility index (Phi) is 5.17. The summed E-state index contributed by atoms with van der Waals surface area (Å²) in [5.74, 6) is -0.418. The molecule has 0 heterocycles. The molecule has 0 atom stereocenters. The van der Waals surface area contributed by atoms with Crippen molar-refractivity contribution in [3.63, 3.8) is 0 Å². The predicted molar refractivity (Wildman–Crippen MR) is 99.7 cm³/mol. The maximum Gasteiger partial charge on any atom is 0.534 e. The van der Waals surface area contributed by atoms with Crippen molar-refractivity contribution in [2.24, 2.45) is 0 Å². The fourth-order valence-corrected chi connectivity index (χ4v) is 3.07. The summed E-state index contributed by atoms with van der Waals surface area (Å²) in [7, 11) is -5.71. The number of alkyl halides is 3. The van der Waals surface area contributed by atoms with E-state index < -0.39 is 21.4 Å². The monoisotopic (exact) mass is 412 g/mol. The number of halogens is 4. The van der Waals surface area contributed by atoms with Crippen molar-refractivity contribution in [1.82, 2.24) is 0 Å². The summed E-state index contributed by atoms with van der Waals surface area (Å²) in [6.45, 7) is 0. The van der Waals surface area contributed by atoms with Crippen molar-refractivity contribution in [3.8, 4) is 5.75 Å². The zero-order valence-corrected chi connectivity index (χ0v) is 15.1. The Morgan fingerprint density at radius 3 is 2.22 bits per heavy atom. The molecule has 8 heteroatoms. The first-order valence-corrected chi connectivity index (χ1v) is 9.41. The number of fused-ring (bicyclic) bond motifs is 1. The molecule has 0 unspecified atom stereocenters. The Bertz CT molecular complexity index is 1110. The second kappa shape index (κ2) is 7.25. The van der Waals surface area contributed by atoms with Gasteiger partial charge in [0.25, 0.3) is 0 Å². The molecule has 0 amide bonds. The van der Waals surface area contributed by atoms with E-state index in [0.717, 1.165) is 11.6 Å². The molecule has 0 bridgehead atoms. The highest BCUT2D eigenvalue weighted by Gasteiger charge is 2.48. The molecule has 3 aromatic rings. The third kappa shape index (κ3) is 4.43. The molecule has 0 aromatic heterocycles. The van der Waals surface area contributed by atoms with Crippen LogP contribution in [-0.2, 0) is 10.1 Å². The van der Waals surface area contributed by atoms with E-state index in [1.54, 1.807) is 24.3 Å². The standard InChI is InChI=1S/C19H12ClF3O3S/c20-18(10-13-4-2-1-3-5-13)16-7-6-15-12-17(9-8-14(15)11-16)26-27(24,25)19(21,22)23/h1-12H/b18-10-. The zero-order valence-electron chi connectivity index (χ0n) is 13.6. The van der Waals surface area contributed by atoms with Crippen LogP contribution in [0.15, 0.2) is 66.7 Å². The van der Waals surface area contributed by atoms with Crippen molar-refractivity contribution in [3.05, 3.63) is 77.9 Å². The SMILES string of the molecule is O=S(=O)(Oc1ccc2cc(/C(Cl)=C/c3ccccc3)ccc2c1)C(F)(F)F. The van der Waals surface area contributed by atoms with E-state index in [2.05, 4.69) is 4.18 Å². The molecule has 0 radical (unpaired) electrons. The lowest BCUT2D eigenvalue weighted by Crippen LogP contribution is -2.28. The van der Waals surface area contributed by atoms with Gasteiger partial charge in [0.05, 0.1) is 0 Å². The van der Waals surface area contributed by atoms with Crippen LogP contribution >= 0.6 is 11.6 Å². The van der Waals surface area contributed by atoms with Gasteiger partial charge >= 0.3 is 15.6 Å². The molecule has 0 saturated heterocycles. The number of hydrogen-bond donors (Lipinski definition) is 0. The third-order valence-electron chi connectivity index (χ3n) is 3.67. The summed E-state index contributed by atoms with van der Waals surface area (Å²) < 4.78 is 63.6. The Hall–Kier alpha value is -2.51. The molecule has 0 spiro atoms. The minimum Gasteiger partial charge on any atom is -0.376 e. The number of rotatable bonds is 4. The maximum absolute atomic E-state index is 12.4. The first kappa shape index (κ1) is 19.3. The average Bonchev–Trinajstić information content (AvgIpc) is 2.61. The van der Waals surface area contributed by atoms with Gasteiger partial charge in [0.15, 0.2) is 0 Å². The van der Waals surface area contributed by atoms with Crippen molar-refractivity contribution in [2.75, 3.05) is 0 Å². The van der Waals surface area contributed by atoms with Crippen LogP contribution in [0.25, 0.3) is 21.9 Å². The fraction of sp³-hybridized carbons (Fsp3) is 0.0526. The summed E-state index contributed by atoms with van der Waals surface area (Å²) in [5.41, 5.74) is -3.85. The summed E-state index contributed by atoms with van der Waals surface area (Å²) in [4.78, 5) is 0. The molecule has 0 aliphatic heterocycles. The fourth-order valence-electron chi connectivity index (χ4n) is 2.38. The van der Waals surface area contributed by atoms with Crippen LogP contribution in [0.3, 0.4) is 0 Å². The van der Waals surface area contributed by atoms with Crippen LogP contribution in [0.1, 0.15) is 11.1 Å². The van der Waals surface area contributed by atoms with E-state index >= 15 is 0 Å². The van der Waals surface area contributed by atoms with E-state index in [9.17, 15) is 21.6 Å². The van der Waals surface area contributed by atoms with Gasteiger partial charge < -0.3 is 4.18 Å².